The van der Waals surface area contributed by atoms with Crippen molar-refractivity contribution >= 4 is 11.6 Å². The minimum atomic E-state index is 0.0263. The molecule has 0 spiro atoms. The van der Waals surface area contributed by atoms with Crippen LogP contribution in [-0.2, 0) is 0 Å². The van der Waals surface area contributed by atoms with Gasteiger partial charge < -0.3 is 10.6 Å². The summed E-state index contributed by atoms with van der Waals surface area (Å²) in [7, 11) is 0. The fourth-order valence-electron chi connectivity index (χ4n) is 3.72. The van der Waals surface area contributed by atoms with Crippen molar-refractivity contribution in [3.8, 4) is 0 Å². The lowest BCUT2D eigenvalue weighted by Gasteiger charge is -2.42. The highest BCUT2D eigenvalue weighted by Gasteiger charge is 2.44. The number of guanidine groups is 1. The van der Waals surface area contributed by atoms with Crippen molar-refractivity contribution in [1.82, 2.24) is 0 Å². The van der Waals surface area contributed by atoms with Crippen molar-refractivity contribution in [3.63, 3.8) is 0 Å². The van der Waals surface area contributed by atoms with Gasteiger partial charge in [-0.2, -0.15) is 0 Å². The van der Waals surface area contributed by atoms with Crippen LogP contribution in [-0.4, -0.2) is 18.0 Å². The van der Waals surface area contributed by atoms with Crippen molar-refractivity contribution in [1.29, 1.82) is 0 Å². The summed E-state index contributed by atoms with van der Waals surface area (Å²) < 4.78 is 0. The topological polar surface area (TPSA) is 41.6 Å². The molecule has 0 bridgehead atoms. The van der Waals surface area contributed by atoms with Crippen molar-refractivity contribution < 1.29 is 0 Å². The standard InChI is InChI=1S/C18H29N3/c1-13(2)10-18(11-14(3)4)12-20-17(19)21(18)16-9-7-6-8-15(16)5/h6-9,13-14H,10-12H2,1-5H3,(H2,19,20). The van der Waals surface area contributed by atoms with Gasteiger partial charge in [-0.1, -0.05) is 45.9 Å². The van der Waals surface area contributed by atoms with Crippen LogP contribution in [0.5, 0.6) is 0 Å². The highest BCUT2D eigenvalue weighted by atomic mass is 15.4. The Labute approximate surface area is 129 Å². The van der Waals surface area contributed by atoms with Gasteiger partial charge in [-0.25, -0.2) is 0 Å². The summed E-state index contributed by atoms with van der Waals surface area (Å²) in [6.45, 7) is 12.1. The number of nitrogens with zero attached hydrogens (tertiary/aromatic N) is 2. The van der Waals surface area contributed by atoms with Gasteiger partial charge in [0.05, 0.1) is 12.1 Å². The first-order valence-corrected chi connectivity index (χ1v) is 8.01. The number of hydrogen-bond donors (Lipinski definition) is 1. The van der Waals surface area contributed by atoms with Gasteiger partial charge in [0.2, 0.25) is 0 Å². The summed E-state index contributed by atoms with van der Waals surface area (Å²) in [6, 6.07) is 8.48. The van der Waals surface area contributed by atoms with E-state index in [9.17, 15) is 0 Å². The van der Waals surface area contributed by atoms with Gasteiger partial charge in [0.25, 0.3) is 0 Å². The van der Waals surface area contributed by atoms with Crippen LogP contribution in [0.15, 0.2) is 29.3 Å². The zero-order chi connectivity index (χ0) is 15.6. The third-order valence-corrected chi connectivity index (χ3v) is 4.17. The van der Waals surface area contributed by atoms with Crippen LogP contribution >= 0.6 is 0 Å². The lowest BCUT2D eigenvalue weighted by molar-refractivity contribution is 0.304. The van der Waals surface area contributed by atoms with Crippen molar-refractivity contribution in [2.24, 2.45) is 22.6 Å². The number of aryl methyl sites for hydroxylation is 1. The molecule has 3 heteroatoms. The zero-order valence-corrected chi connectivity index (χ0v) is 14.1. The van der Waals surface area contributed by atoms with Crippen molar-refractivity contribution in [3.05, 3.63) is 29.8 Å². The maximum absolute atomic E-state index is 6.28. The van der Waals surface area contributed by atoms with Crippen LogP contribution < -0.4 is 10.6 Å². The lowest BCUT2D eigenvalue weighted by Crippen LogP contribution is -2.53. The number of aliphatic imine (C=N–C) groups is 1. The number of rotatable bonds is 5. The molecule has 0 radical (unpaired) electrons. The predicted octanol–water partition coefficient (Wildman–Crippen LogP) is 3.96. The van der Waals surface area contributed by atoms with Crippen LogP contribution in [0.25, 0.3) is 0 Å². The second kappa shape index (κ2) is 6.08. The largest absolute Gasteiger partial charge is 0.369 e. The van der Waals surface area contributed by atoms with E-state index in [1.807, 2.05) is 0 Å². The van der Waals surface area contributed by atoms with E-state index in [4.69, 9.17) is 5.73 Å². The average molecular weight is 287 g/mol. The Morgan fingerprint density at radius 2 is 1.71 bits per heavy atom. The molecule has 3 nitrogen and oxygen atoms in total. The highest BCUT2D eigenvalue weighted by Crippen LogP contribution is 2.39. The molecule has 0 unspecified atom stereocenters. The summed E-state index contributed by atoms with van der Waals surface area (Å²) >= 11 is 0. The normalized spacial score (nSPS) is 17.7. The molecule has 0 aliphatic carbocycles. The highest BCUT2D eigenvalue weighted by molar-refractivity contribution is 5.99. The molecule has 0 atom stereocenters. The van der Waals surface area contributed by atoms with E-state index in [2.05, 4.69) is 68.8 Å². The van der Waals surface area contributed by atoms with Gasteiger partial charge in [-0.3, -0.25) is 4.99 Å². The Balaban J connectivity index is 2.46. The molecule has 0 amide bonds. The summed E-state index contributed by atoms with van der Waals surface area (Å²) in [4.78, 5) is 6.92. The first-order chi connectivity index (χ1) is 9.85. The molecule has 2 rings (SSSR count). The molecule has 1 aromatic carbocycles. The zero-order valence-electron chi connectivity index (χ0n) is 14.1. The molecule has 2 N–H and O–H groups in total. The SMILES string of the molecule is Cc1ccccc1N1C(N)=NCC1(CC(C)C)CC(C)C. The minimum Gasteiger partial charge on any atom is -0.369 e. The molecule has 0 saturated heterocycles. The Kier molecular flexibility index (Phi) is 4.60. The number of para-hydroxylation sites is 1. The minimum absolute atomic E-state index is 0.0263. The van der Waals surface area contributed by atoms with E-state index >= 15 is 0 Å². The van der Waals surface area contributed by atoms with Crippen LogP contribution in [0.4, 0.5) is 5.69 Å². The Hall–Kier alpha value is -1.51. The molecule has 1 aliphatic heterocycles. The maximum Gasteiger partial charge on any atom is 0.196 e. The number of nitrogens with two attached hydrogens (primary N) is 1. The Morgan fingerprint density at radius 1 is 1.14 bits per heavy atom. The summed E-state index contributed by atoms with van der Waals surface area (Å²) in [5.74, 6) is 1.92. The number of hydrogen-bond acceptors (Lipinski definition) is 3. The van der Waals surface area contributed by atoms with Gasteiger partial charge in [0.1, 0.15) is 0 Å². The fraction of sp³-hybridized carbons (Fsp3) is 0.611. The molecule has 1 aromatic rings. The summed E-state index contributed by atoms with van der Waals surface area (Å²) in [5.41, 5.74) is 8.77. The van der Waals surface area contributed by atoms with Gasteiger partial charge in [-0.05, 0) is 43.2 Å². The second-order valence-electron chi connectivity index (χ2n) is 7.22. The van der Waals surface area contributed by atoms with Crippen molar-refractivity contribution in [2.75, 3.05) is 11.4 Å². The second-order valence-corrected chi connectivity index (χ2v) is 7.22. The molecule has 1 aliphatic rings. The fourth-order valence-corrected chi connectivity index (χ4v) is 3.72. The molecule has 0 fully saturated rings. The van der Waals surface area contributed by atoms with Gasteiger partial charge >= 0.3 is 0 Å². The van der Waals surface area contributed by atoms with E-state index in [0.717, 1.165) is 19.4 Å². The third kappa shape index (κ3) is 3.22. The molecule has 116 valence electrons. The summed E-state index contributed by atoms with van der Waals surface area (Å²) in [5, 5.41) is 0. The molecular formula is C18H29N3. The smallest absolute Gasteiger partial charge is 0.196 e. The molecule has 1 heterocycles. The number of benzene rings is 1. The lowest BCUT2D eigenvalue weighted by atomic mass is 9.80. The van der Waals surface area contributed by atoms with E-state index in [0.29, 0.717) is 17.8 Å². The van der Waals surface area contributed by atoms with Crippen LogP contribution in [0, 0.1) is 18.8 Å². The van der Waals surface area contributed by atoms with Crippen LogP contribution in [0.3, 0.4) is 0 Å². The molecule has 0 saturated carbocycles. The monoisotopic (exact) mass is 287 g/mol. The first-order valence-electron chi connectivity index (χ1n) is 8.01. The first kappa shape index (κ1) is 15.9. The van der Waals surface area contributed by atoms with Crippen LogP contribution in [0.2, 0.25) is 0 Å². The molecule has 0 aromatic heterocycles. The third-order valence-electron chi connectivity index (χ3n) is 4.17. The average Bonchev–Trinajstić information content (AvgIpc) is 2.66. The predicted molar refractivity (Wildman–Crippen MR) is 91.8 cm³/mol. The van der Waals surface area contributed by atoms with E-state index in [1.54, 1.807) is 0 Å². The van der Waals surface area contributed by atoms with E-state index < -0.39 is 0 Å². The number of anilines is 1. The molecule has 21 heavy (non-hydrogen) atoms. The van der Waals surface area contributed by atoms with Gasteiger partial charge in [0.15, 0.2) is 5.96 Å². The Morgan fingerprint density at radius 3 is 2.24 bits per heavy atom. The van der Waals surface area contributed by atoms with Gasteiger partial charge in [-0.15, -0.1) is 0 Å². The summed E-state index contributed by atoms with van der Waals surface area (Å²) in [6.07, 6.45) is 2.23. The van der Waals surface area contributed by atoms with Crippen molar-refractivity contribution in [2.45, 2.75) is 53.0 Å². The molecular weight excluding hydrogens is 258 g/mol. The van der Waals surface area contributed by atoms with E-state index in [1.165, 1.54) is 11.3 Å². The van der Waals surface area contributed by atoms with Gasteiger partial charge in [0, 0.05) is 5.69 Å². The quantitative estimate of drug-likeness (QED) is 0.890. The van der Waals surface area contributed by atoms with Crippen LogP contribution in [0.1, 0.15) is 46.1 Å². The maximum atomic E-state index is 6.28. The Bertz CT molecular complexity index is 507. The van der Waals surface area contributed by atoms with E-state index in [-0.39, 0.29) is 5.54 Å².